The van der Waals surface area contributed by atoms with Crippen LogP contribution in [0.25, 0.3) is 0 Å². The second kappa shape index (κ2) is 4.63. The molecule has 0 radical (unpaired) electrons. The van der Waals surface area contributed by atoms with Gasteiger partial charge in [-0.3, -0.25) is 0 Å². The van der Waals surface area contributed by atoms with Gasteiger partial charge in [-0.2, -0.15) is 0 Å². The minimum absolute atomic E-state index is 0.421. The number of likely N-dealkylation sites (tertiary alicyclic amines) is 1. The number of nitrogens with zero attached hydrogens (tertiary/aromatic N) is 1. The quantitative estimate of drug-likeness (QED) is 0.642. The summed E-state index contributed by atoms with van der Waals surface area (Å²) in [4.78, 5) is 2.48. The lowest BCUT2D eigenvalue weighted by atomic mass is 9.95. The third kappa shape index (κ3) is 2.61. The van der Waals surface area contributed by atoms with Crippen molar-refractivity contribution < 1.29 is 0 Å². The maximum Gasteiger partial charge on any atom is 0.00889 e. The topological polar surface area (TPSA) is 29.3 Å². The van der Waals surface area contributed by atoms with Crippen molar-refractivity contribution in [2.75, 3.05) is 19.6 Å². The van der Waals surface area contributed by atoms with Crippen molar-refractivity contribution >= 4 is 0 Å². The second-order valence-electron chi connectivity index (χ2n) is 3.81. The molecule has 12 heavy (non-hydrogen) atoms. The van der Waals surface area contributed by atoms with E-state index in [4.69, 9.17) is 5.73 Å². The van der Waals surface area contributed by atoms with Gasteiger partial charge in [0.05, 0.1) is 0 Å². The van der Waals surface area contributed by atoms with E-state index in [2.05, 4.69) is 18.4 Å². The van der Waals surface area contributed by atoms with Gasteiger partial charge in [-0.05, 0) is 25.3 Å². The fourth-order valence-corrected chi connectivity index (χ4v) is 1.73. The molecule has 0 aromatic heterocycles. The molecule has 0 amide bonds. The van der Waals surface area contributed by atoms with Gasteiger partial charge in [0.1, 0.15) is 0 Å². The Labute approximate surface area is 75.4 Å². The standard InChI is InChI=1S/C10H20N2/c1-3-4-6-12-7-5-10(11)9(2)8-12/h3,9-10H,1,4-8,11H2,2H3. The molecular formula is C10H20N2. The van der Waals surface area contributed by atoms with E-state index in [9.17, 15) is 0 Å². The zero-order valence-corrected chi connectivity index (χ0v) is 8.00. The molecule has 0 spiro atoms. The van der Waals surface area contributed by atoms with Crippen LogP contribution in [0, 0.1) is 5.92 Å². The van der Waals surface area contributed by atoms with E-state index >= 15 is 0 Å². The first kappa shape index (κ1) is 9.75. The van der Waals surface area contributed by atoms with Gasteiger partial charge in [-0.1, -0.05) is 13.0 Å². The predicted octanol–water partition coefficient (Wildman–Crippen LogP) is 1.23. The first-order valence-electron chi connectivity index (χ1n) is 4.83. The molecule has 0 bridgehead atoms. The molecule has 1 rings (SSSR count). The van der Waals surface area contributed by atoms with Crippen molar-refractivity contribution in [3.63, 3.8) is 0 Å². The average molecular weight is 168 g/mol. The van der Waals surface area contributed by atoms with Gasteiger partial charge in [0.15, 0.2) is 0 Å². The summed E-state index contributed by atoms with van der Waals surface area (Å²) in [7, 11) is 0. The third-order valence-corrected chi connectivity index (χ3v) is 2.71. The highest BCUT2D eigenvalue weighted by Crippen LogP contribution is 2.14. The lowest BCUT2D eigenvalue weighted by Crippen LogP contribution is -2.45. The molecule has 1 aliphatic rings. The second-order valence-corrected chi connectivity index (χ2v) is 3.81. The highest BCUT2D eigenvalue weighted by Gasteiger charge is 2.21. The Kier molecular flexibility index (Phi) is 3.76. The smallest absolute Gasteiger partial charge is 0.00889 e. The van der Waals surface area contributed by atoms with Crippen molar-refractivity contribution in [1.82, 2.24) is 4.90 Å². The number of hydrogen-bond acceptors (Lipinski definition) is 2. The van der Waals surface area contributed by atoms with E-state index < -0.39 is 0 Å². The minimum Gasteiger partial charge on any atom is -0.327 e. The monoisotopic (exact) mass is 168 g/mol. The van der Waals surface area contributed by atoms with Gasteiger partial charge in [-0.15, -0.1) is 6.58 Å². The summed E-state index contributed by atoms with van der Waals surface area (Å²) in [5.74, 6) is 0.656. The molecule has 0 aromatic carbocycles. The maximum absolute atomic E-state index is 5.92. The van der Waals surface area contributed by atoms with Crippen LogP contribution in [0.15, 0.2) is 12.7 Å². The SMILES string of the molecule is C=CCCN1CCC(N)C(C)C1. The van der Waals surface area contributed by atoms with E-state index in [1.54, 1.807) is 0 Å². The molecule has 70 valence electrons. The van der Waals surface area contributed by atoms with Crippen molar-refractivity contribution in [2.24, 2.45) is 11.7 Å². The largest absolute Gasteiger partial charge is 0.327 e. The summed E-state index contributed by atoms with van der Waals surface area (Å²) in [6.45, 7) is 9.45. The fourth-order valence-electron chi connectivity index (χ4n) is 1.73. The molecule has 2 atom stereocenters. The molecular weight excluding hydrogens is 148 g/mol. The van der Waals surface area contributed by atoms with Gasteiger partial charge in [0.2, 0.25) is 0 Å². The zero-order chi connectivity index (χ0) is 8.97. The van der Waals surface area contributed by atoms with Crippen LogP contribution >= 0.6 is 0 Å². The van der Waals surface area contributed by atoms with E-state index in [0.29, 0.717) is 12.0 Å². The molecule has 1 aliphatic heterocycles. The average Bonchev–Trinajstić information content (AvgIpc) is 2.07. The van der Waals surface area contributed by atoms with Crippen LogP contribution in [0.3, 0.4) is 0 Å². The molecule has 0 aromatic rings. The van der Waals surface area contributed by atoms with Crippen LogP contribution in [0.4, 0.5) is 0 Å². The highest BCUT2D eigenvalue weighted by molar-refractivity contribution is 4.81. The molecule has 1 heterocycles. The van der Waals surface area contributed by atoms with Gasteiger partial charge < -0.3 is 10.6 Å². The molecule has 1 saturated heterocycles. The van der Waals surface area contributed by atoms with Crippen molar-refractivity contribution in [2.45, 2.75) is 25.8 Å². The van der Waals surface area contributed by atoms with Gasteiger partial charge >= 0.3 is 0 Å². The number of piperidine rings is 1. The fraction of sp³-hybridized carbons (Fsp3) is 0.800. The Morgan fingerprint density at radius 2 is 2.42 bits per heavy atom. The lowest BCUT2D eigenvalue weighted by molar-refractivity contribution is 0.167. The summed E-state index contributed by atoms with van der Waals surface area (Å²) in [5, 5.41) is 0. The molecule has 1 fully saturated rings. The maximum atomic E-state index is 5.92. The summed E-state index contributed by atoms with van der Waals surface area (Å²) < 4.78 is 0. The van der Waals surface area contributed by atoms with E-state index in [1.165, 1.54) is 6.54 Å². The lowest BCUT2D eigenvalue weighted by Gasteiger charge is -2.34. The number of nitrogens with two attached hydrogens (primary N) is 1. The van der Waals surface area contributed by atoms with Crippen molar-refractivity contribution in [3.8, 4) is 0 Å². The van der Waals surface area contributed by atoms with Crippen LogP contribution in [0.1, 0.15) is 19.8 Å². The Hall–Kier alpha value is -0.340. The number of rotatable bonds is 3. The molecule has 0 aliphatic carbocycles. The third-order valence-electron chi connectivity index (χ3n) is 2.71. The Morgan fingerprint density at radius 1 is 1.67 bits per heavy atom. The first-order chi connectivity index (χ1) is 5.74. The van der Waals surface area contributed by atoms with E-state index in [0.717, 1.165) is 25.9 Å². The molecule has 2 heteroatoms. The first-order valence-corrected chi connectivity index (χ1v) is 4.83. The van der Waals surface area contributed by atoms with Crippen molar-refractivity contribution in [3.05, 3.63) is 12.7 Å². The highest BCUT2D eigenvalue weighted by atomic mass is 15.1. The summed E-state index contributed by atoms with van der Waals surface area (Å²) in [6.07, 6.45) is 4.24. The summed E-state index contributed by atoms with van der Waals surface area (Å²) >= 11 is 0. The summed E-state index contributed by atoms with van der Waals surface area (Å²) in [6, 6.07) is 0.421. The molecule has 0 saturated carbocycles. The van der Waals surface area contributed by atoms with Crippen LogP contribution in [-0.2, 0) is 0 Å². The van der Waals surface area contributed by atoms with E-state index in [1.807, 2.05) is 6.08 Å². The predicted molar refractivity (Wildman–Crippen MR) is 53.0 cm³/mol. The van der Waals surface area contributed by atoms with Gasteiger partial charge in [0, 0.05) is 19.1 Å². The van der Waals surface area contributed by atoms with Crippen molar-refractivity contribution in [1.29, 1.82) is 0 Å². The Balaban J connectivity index is 2.25. The molecule has 2 N–H and O–H groups in total. The van der Waals surface area contributed by atoms with E-state index in [-0.39, 0.29) is 0 Å². The number of hydrogen-bond donors (Lipinski definition) is 1. The Morgan fingerprint density at radius 3 is 3.00 bits per heavy atom. The van der Waals surface area contributed by atoms with Crippen LogP contribution < -0.4 is 5.73 Å². The van der Waals surface area contributed by atoms with Crippen LogP contribution in [0.5, 0.6) is 0 Å². The summed E-state index contributed by atoms with van der Waals surface area (Å²) in [5.41, 5.74) is 5.92. The van der Waals surface area contributed by atoms with Gasteiger partial charge in [-0.25, -0.2) is 0 Å². The minimum atomic E-state index is 0.421. The van der Waals surface area contributed by atoms with Gasteiger partial charge in [0.25, 0.3) is 0 Å². The normalized spacial score (nSPS) is 31.8. The molecule has 2 unspecified atom stereocenters. The molecule has 2 nitrogen and oxygen atoms in total. The zero-order valence-electron chi connectivity index (χ0n) is 8.00. The van der Waals surface area contributed by atoms with Crippen LogP contribution in [-0.4, -0.2) is 30.6 Å². The van der Waals surface area contributed by atoms with Crippen LogP contribution in [0.2, 0.25) is 0 Å². The Bertz CT molecular complexity index is 145.